The van der Waals surface area contributed by atoms with Gasteiger partial charge in [-0.05, 0) is 58.2 Å². The Hall–Kier alpha value is -1.10. The van der Waals surface area contributed by atoms with Crippen LogP contribution in [0.5, 0.6) is 0 Å². The second-order valence-electron chi connectivity index (χ2n) is 7.25. The molecule has 0 radical (unpaired) electrons. The summed E-state index contributed by atoms with van der Waals surface area (Å²) in [6, 6.07) is 0. The van der Waals surface area contributed by atoms with E-state index in [0.29, 0.717) is 12.8 Å². The van der Waals surface area contributed by atoms with E-state index in [1.54, 1.807) is 0 Å². The van der Waals surface area contributed by atoms with Crippen LogP contribution in [0.3, 0.4) is 0 Å². The van der Waals surface area contributed by atoms with Crippen LogP contribution in [0.15, 0.2) is 0 Å². The van der Waals surface area contributed by atoms with Gasteiger partial charge in [0.1, 0.15) is 6.10 Å². The Morgan fingerprint density at radius 3 is 2.32 bits per heavy atom. The Morgan fingerprint density at radius 1 is 0.960 bits per heavy atom. The van der Waals surface area contributed by atoms with Gasteiger partial charge in [-0.25, -0.2) is 0 Å². The van der Waals surface area contributed by atoms with Crippen LogP contribution in [0.4, 0.5) is 0 Å². The van der Waals surface area contributed by atoms with Crippen molar-refractivity contribution >= 4 is 11.9 Å². The van der Waals surface area contributed by atoms with Crippen molar-refractivity contribution in [3.63, 3.8) is 0 Å². The molecule has 1 saturated heterocycles. The Kier molecular flexibility index (Phi) is 12.4. The summed E-state index contributed by atoms with van der Waals surface area (Å²) < 4.78 is 5.57. The molecule has 1 atom stereocenters. The number of hydrogen-bond acceptors (Lipinski definition) is 4. The number of carbonyl (C=O) groups is 2. The summed E-state index contributed by atoms with van der Waals surface area (Å²) in [4.78, 5) is 25.3. The van der Waals surface area contributed by atoms with E-state index in [2.05, 4.69) is 11.8 Å². The molecule has 0 amide bonds. The van der Waals surface area contributed by atoms with Crippen molar-refractivity contribution < 1.29 is 19.4 Å². The van der Waals surface area contributed by atoms with Gasteiger partial charge in [0.15, 0.2) is 0 Å². The molecule has 1 fully saturated rings. The molecule has 25 heavy (non-hydrogen) atoms. The minimum Gasteiger partial charge on any atom is -0.481 e. The van der Waals surface area contributed by atoms with Gasteiger partial charge in [0.25, 0.3) is 0 Å². The molecule has 0 spiro atoms. The fourth-order valence-electron chi connectivity index (χ4n) is 3.40. The van der Waals surface area contributed by atoms with E-state index in [1.807, 2.05) is 0 Å². The molecular formula is C20H37NO4. The van der Waals surface area contributed by atoms with Crippen LogP contribution >= 0.6 is 0 Å². The molecule has 1 unspecified atom stereocenters. The van der Waals surface area contributed by atoms with Crippen LogP contribution in [0, 0.1) is 0 Å². The van der Waals surface area contributed by atoms with Gasteiger partial charge < -0.3 is 14.7 Å². The van der Waals surface area contributed by atoms with E-state index in [1.165, 1.54) is 38.5 Å². The first-order valence-corrected chi connectivity index (χ1v) is 10.3. The molecule has 5 heteroatoms. The molecule has 1 N–H and O–H groups in total. The topological polar surface area (TPSA) is 66.8 Å². The predicted octanol–water partition coefficient (Wildman–Crippen LogP) is 4.39. The Labute approximate surface area is 153 Å². The number of aliphatic carboxylic acids is 1. The van der Waals surface area contributed by atoms with E-state index in [4.69, 9.17) is 9.84 Å². The summed E-state index contributed by atoms with van der Waals surface area (Å²) in [7, 11) is 0. The van der Waals surface area contributed by atoms with Gasteiger partial charge >= 0.3 is 11.9 Å². The number of nitrogens with zero attached hydrogens (tertiary/aromatic N) is 1. The van der Waals surface area contributed by atoms with E-state index >= 15 is 0 Å². The maximum Gasteiger partial charge on any atom is 0.306 e. The lowest BCUT2D eigenvalue weighted by Gasteiger charge is -2.18. The van der Waals surface area contributed by atoms with Gasteiger partial charge in [-0.2, -0.15) is 0 Å². The van der Waals surface area contributed by atoms with Crippen molar-refractivity contribution in [2.45, 2.75) is 96.5 Å². The second kappa shape index (κ2) is 14.1. The Morgan fingerprint density at radius 2 is 1.64 bits per heavy atom. The lowest BCUT2D eigenvalue weighted by Crippen LogP contribution is -2.23. The number of carboxylic acids is 1. The molecule has 0 bridgehead atoms. The highest BCUT2D eigenvalue weighted by molar-refractivity contribution is 5.70. The average molecular weight is 356 g/mol. The van der Waals surface area contributed by atoms with Gasteiger partial charge in [-0.3, -0.25) is 9.59 Å². The molecule has 0 aromatic heterocycles. The highest BCUT2D eigenvalue weighted by atomic mass is 16.5. The highest BCUT2D eigenvalue weighted by Gasteiger charge is 2.17. The highest BCUT2D eigenvalue weighted by Crippen LogP contribution is 2.16. The number of ether oxygens (including phenoxy) is 1. The van der Waals surface area contributed by atoms with Crippen LogP contribution in [0.1, 0.15) is 90.4 Å². The van der Waals surface area contributed by atoms with Crippen LogP contribution in [0.2, 0.25) is 0 Å². The van der Waals surface area contributed by atoms with Gasteiger partial charge in [-0.1, -0.05) is 39.0 Å². The maximum absolute atomic E-state index is 12.1. The average Bonchev–Trinajstić information content (AvgIpc) is 3.08. The third-order valence-corrected chi connectivity index (χ3v) is 4.91. The zero-order chi connectivity index (χ0) is 18.3. The lowest BCUT2D eigenvalue weighted by molar-refractivity contribution is -0.151. The largest absolute Gasteiger partial charge is 0.481 e. The quantitative estimate of drug-likeness (QED) is 0.348. The first-order chi connectivity index (χ1) is 12.1. The molecule has 0 aromatic rings. The first-order valence-electron chi connectivity index (χ1n) is 10.3. The zero-order valence-corrected chi connectivity index (χ0v) is 16.0. The minimum atomic E-state index is -0.821. The number of hydrogen-bond donors (Lipinski definition) is 1. The van der Waals surface area contributed by atoms with Gasteiger partial charge in [0.05, 0.1) is 0 Å². The number of carbonyl (C=O) groups excluding carboxylic acids is 1. The van der Waals surface area contributed by atoms with E-state index < -0.39 is 5.97 Å². The van der Waals surface area contributed by atoms with Crippen LogP contribution in [-0.4, -0.2) is 47.7 Å². The molecule has 0 saturated carbocycles. The van der Waals surface area contributed by atoms with E-state index in [-0.39, 0.29) is 18.5 Å². The fraction of sp³-hybridized carbons (Fsp3) is 0.900. The summed E-state index contributed by atoms with van der Waals surface area (Å²) in [5.41, 5.74) is 0. The summed E-state index contributed by atoms with van der Waals surface area (Å²) in [5.74, 6) is -0.987. The summed E-state index contributed by atoms with van der Waals surface area (Å²) in [6.45, 7) is 5.46. The van der Waals surface area contributed by atoms with Crippen molar-refractivity contribution in [2.75, 3.05) is 19.6 Å². The van der Waals surface area contributed by atoms with E-state index in [0.717, 1.165) is 45.3 Å². The maximum atomic E-state index is 12.1. The van der Waals surface area contributed by atoms with Crippen LogP contribution in [-0.2, 0) is 14.3 Å². The number of likely N-dealkylation sites (tertiary alicyclic amines) is 1. The molecule has 1 aliphatic heterocycles. The summed E-state index contributed by atoms with van der Waals surface area (Å²) in [6.07, 6.45) is 12.0. The molecule has 1 rings (SSSR count). The van der Waals surface area contributed by atoms with Crippen molar-refractivity contribution in [1.82, 2.24) is 4.90 Å². The second-order valence-corrected chi connectivity index (χ2v) is 7.25. The molecule has 0 aromatic carbocycles. The minimum absolute atomic E-state index is 0.0710. The van der Waals surface area contributed by atoms with Crippen molar-refractivity contribution in [3.8, 4) is 0 Å². The third-order valence-electron chi connectivity index (χ3n) is 4.91. The van der Waals surface area contributed by atoms with Crippen molar-refractivity contribution in [2.24, 2.45) is 0 Å². The molecule has 5 nitrogen and oxygen atoms in total. The lowest BCUT2D eigenvalue weighted by atomic mass is 10.0. The van der Waals surface area contributed by atoms with Crippen LogP contribution < -0.4 is 0 Å². The van der Waals surface area contributed by atoms with Gasteiger partial charge in [0.2, 0.25) is 0 Å². The number of unbranched alkanes of at least 4 members (excludes halogenated alkanes) is 5. The zero-order valence-electron chi connectivity index (χ0n) is 16.0. The van der Waals surface area contributed by atoms with Gasteiger partial charge in [-0.15, -0.1) is 0 Å². The monoisotopic (exact) mass is 355 g/mol. The fourth-order valence-corrected chi connectivity index (χ4v) is 3.40. The number of esters is 1. The Bertz CT molecular complexity index is 367. The molecule has 1 heterocycles. The van der Waals surface area contributed by atoms with Crippen molar-refractivity contribution in [3.05, 3.63) is 0 Å². The normalized spacial score (nSPS) is 16.0. The first kappa shape index (κ1) is 21.9. The molecule has 0 aliphatic carbocycles. The van der Waals surface area contributed by atoms with Crippen molar-refractivity contribution in [1.29, 1.82) is 0 Å². The van der Waals surface area contributed by atoms with Gasteiger partial charge in [0, 0.05) is 12.8 Å². The number of carboxylic acid groups (broad SMARTS) is 1. The summed E-state index contributed by atoms with van der Waals surface area (Å²) in [5, 5.41) is 8.88. The SMILES string of the molecule is CCCCCCCCC(CCC(=O)O)OC(=O)CCCN1CCCC1. The third kappa shape index (κ3) is 12.0. The van der Waals surface area contributed by atoms with Crippen LogP contribution in [0.25, 0.3) is 0 Å². The standard InChI is InChI=1S/C20H37NO4/c1-2-3-4-5-6-7-11-18(13-14-19(22)23)25-20(24)12-10-17-21-15-8-9-16-21/h18H,2-17H2,1H3,(H,22,23). The molecule has 146 valence electrons. The van der Waals surface area contributed by atoms with E-state index in [9.17, 15) is 9.59 Å². The predicted molar refractivity (Wildman–Crippen MR) is 99.7 cm³/mol. The summed E-state index contributed by atoms with van der Waals surface area (Å²) >= 11 is 0. The smallest absolute Gasteiger partial charge is 0.306 e. The molecule has 1 aliphatic rings. The molecular weight excluding hydrogens is 318 g/mol. The number of rotatable bonds is 15. The Balaban J connectivity index is 2.20.